The first-order valence-electron chi connectivity index (χ1n) is 7.72. The van der Waals surface area contributed by atoms with Gasteiger partial charge in [0.15, 0.2) is 0 Å². The van der Waals surface area contributed by atoms with Crippen molar-refractivity contribution in [3.8, 4) is 0 Å². The minimum absolute atomic E-state index is 0.192. The lowest BCUT2D eigenvalue weighted by molar-refractivity contribution is 0.0947. The number of furan rings is 1. The highest BCUT2D eigenvalue weighted by Gasteiger charge is 2.08. The van der Waals surface area contributed by atoms with Gasteiger partial charge >= 0.3 is 0 Å². The Bertz CT molecular complexity index is 842. The second-order valence-corrected chi connectivity index (χ2v) is 5.65. The molecule has 0 aliphatic carbocycles. The number of hydrogen-bond acceptors (Lipinski definition) is 4. The summed E-state index contributed by atoms with van der Waals surface area (Å²) in [7, 11) is 0. The number of nitrogens with zero attached hydrogens (tertiary/aromatic N) is 1. The van der Waals surface area contributed by atoms with Crippen molar-refractivity contribution in [2.75, 3.05) is 5.32 Å². The number of rotatable bonds is 5. The Labute approximate surface area is 140 Å². The van der Waals surface area contributed by atoms with Crippen LogP contribution in [0.1, 0.15) is 27.2 Å². The summed E-state index contributed by atoms with van der Waals surface area (Å²) in [5.41, 5.74) is 4.68. The number of aromatic nitrogens is 1. The van der Waals surface area contributed by atoms with E-state index in [9.17, 15) is 4.79 Å². The smallest absolute Gasteiger partial charge is 0.253 e. The van der Waals surface area contributed by atoms with E-state index in [4.69, 9.17) is 4.42 Å². The van der Waals surface area contributed by atoms with Crippen molar-refractivity contribution in [3.05, 3.63) is 77.5 Å². The second kappa shape index (κ2) is 7.00. The van der Waals surface area contributed by atoms with E-state index >= 15 is 0 Å². The molecule has 0 saturated heterocycles. The first-order chi connectivity index (χ1) is 11.6. The fourth-order valence-corrected chi connectivity index (χ4v) is 2.30. The molecule has 5 heteroatoms. The van der Waals surface area contributed by atoms with Gasteiger partial charge in [-0.2, -0.15) is 0 Å². The predicted octanol–water partition coefficient (Wildman–Crippen LogP) is 3.97. The maximum absolute atomic E-state index is 12.2. The predicted molar refractivity (Wildman–Crippen MR) is 93.3 cm³/mol. The van der Waals surface area contributed by atoms with Gasteiger partial charge in [0.25, 0.3) is 5.91 Å². The number of hydrogen-bond donors (Lipinski definition) is 2. The highest BCUT2D eigenvalue weighted by atomic mass is 16.3. The maximum Gasteiger partial charge on any atom is 0.253 e. The summed E-state index contributed by atoms with van der Waals surface area (Å²) >= 11 is 0. The van der Waals surface area contributed by atoms with E-state index in [1.165, 1.54) is 11.1 Å². The monoisotopic (exact) mass is 321 g/mol. The topological polar surface area (TPSA) is 67.2 Å². The third kappa shape index (κ3) is 3.81. The summed E-state index contributed by atoms with van der Waals surface area (Å²) in [5, 5.41) is 6.08. The van der Waals surface area contributed by atoms with Gasteiger partial charge < -0.3 is 15.1 Å². The van der Waals surface area contributed by atoms with Crippen LogP contribution in [0.3, 0.4) is 0 Å². The Morgan fingerprint density at radius 1 is 1.08 bits per heavy atom. The number of nitrogens with one attached hydrogen (secondary N) is 2. The molecular formula is C19H19N3O2. The summed E-state index contributed by atoms with van der Waals surface area (Å²) in [5.74, 6) is 0.517. The van der Waals surface area contributed by atoms with Gasteiger partial charge in [-0.05, 0) is 55.3 Å². The molecule has 0 aliphatic heterocycles. The fourth-order valence-electron chi connectivity index (χ4n) is 2.30. The Hall–Kier alpha value is -3.08. The summed E-state index contributed by atoms with van der Waals surface area (Å²) in [6, 6.07) is 11.5. The van der Waals surface area contributed by atoms with Crippen molar-refractivity contribution >= 4 is 17.3 Å². The van der Waals surface area contributed by atoms with Gasteiger partial charge in [0.05, 0.1) is 30.3 Å². The van der Waals surface area contributed by atoms with Crippen molar-refractivity contribution in [2.24, 2.45) is 0 Å². The van der Waals surface area contributed by atoms with Gasteiger partial charge in [-0.15, -0.1) is 0 Å². The lowest BCUT2D eigenvalue weighted by Gasteiger charge is -2.10. The van der Waals surface area contributed by atoms with Gasteiger partial charge in [-0.25, -0.2) is 0 Å². The SMILES string of the molecule is Cc1ccc(Nc2cncc(C(=O)NCc3ccco3)c2)cc1C. The van der Waals surface area contributed by atoms with Crippen LogP contribution in [0.15, 0.2) is 59.5 Å². The van der Waals surface area contributed by atoms with E-state index in [1.807, 2.05) is 12.1 Å². The molecule has 24 heavy (non-hydrogen) atoms. The molecule has 0 unspecified atom stereocenters. The first kappa shape index (κ1) is 15.8. The molecule has 0 bridgehead atoms. The molecule has 5 nitrogen and oxygen atoms in total. The maximum atomic E-state index is 12.2. The molecule has 3 aromatic rings. The van der Waals surface area contributed by atoms with Gasteiger partial charge in [-0.1, -0.05) is 6.07 Å². The Morgan fingerprint density at radius 3 is 2.71 bits per heavy atom. The molecule has 0 radical (unpaired) electrons. The Kier molecular flexibility index (Phi) is 4.61. The second-order valence-electron chi connectivity index (χ2n) is 5.65. The van der Waals surface area contributed by atoms with Gasteiger partial charge in [0, 0.05) is 11.9 Å². The van der Waals surface area contributed by atoms with Crippen LogP contribution in [-0.2, 0) is 6.54 Å². The van der Waals surface area contributed by atoms with Crippen molar-refractivity contribution in [1.29, 1.82) is 0 Å². The molecule has 0 saturated carbocycles. The normalized spacial score (nSPS) is 10.4. The van der Waals surface area contributed by atoms with Crippen LogP contribution in [0.4, 0.5) is 11.4 Å². The number of carbonyl (C=O) groups is 1. The summed E-state index contributed by atoms with van der Waals surface area (Å²) < 4.78 is 5.20. The minimum Gasteiger partial charge on any atom is -0.467 e. The van der Waals surface area contributed by atoms with E-state index in [1.54, 1.807) is 30.8 Å². The lowest BCUT2D eigenvalue weighted by atomic mass is 10.1. The number of aryl methyl sites for hydroxylation is 2. The average molecular weight is 321 g/mol. The zero-order valence-electron chi connectivity index (χ0n) is 13.7. The molecular weight excluding hydrogens is 302 g/mol. The molecule has 0 aliphatic rings. The molecule has 2 aromatic heterocycles. The van der Waals surface area contributed by atoms with E-state index in [2.05, 4.69) is 41.6 Å². The molecule has 0 fully saturated rings. The van der Waals surface area contributed by atoms with E-state index in [-0.39, 0.29) is 5.91 Å². The summed E-state index contributed by atoms with van der Waals surface area (Å²) in [6.07, 6.45) is 4.82. The third-order valence-corrected chi connectivity index (χ3v) is 3.80. The molecule has 3 rings (SSSR count). The zero-order chi connectivity index (χ0) is 16.9. The van der Waals surface area contributed by atoms with E-state index in [0.29, 0.717) is 17.9 Å². The van der Waals surface area contributed by atoms with Crippen LogP contribution >= 0.6 is 0 Å². The van der Waals surface area contributed by atoms with Crippen molar-refractivity contribution < 1.29 is 9.21 Å². The molecule has 1 aromatic carbocycles. The van der Waals surface area contributed by atoms with Crippen LogP contribution in [0.2, 0.25) is 0 Å². The zero-order valence-corrected chi connectivity index (χ0v) is 13.7. The average Bonchev–Trinajstić information content (AvgIpc) is 3.10. The highest BCUT2D eigenvalue weighted by molar-refractivity contribution is 5.94. The lowest BCUT2D eigenvalue weighted by Crippen LogP contribution is -2.22. The van der Waals surface area contributed by atoms with Crippen LogP contribution in [0.25, 0.3) is 0 Å². The van der Waals surface area contributed by atoms with E-state index < -0.39 is 0 Å². The van der Waals surface area contributed by atoms with Crippen LogP contribution in [-0.4, -0.2) is 10.9 Å². The molecule has 2 heterocycles. The van der Waals surface area contributed by atoms with E-state index in [0.717, 1.165) is 11.4 Å². The fraction of sp³-hybridized carbons (Fsp3) is 0.158. The molecule has 0 spiro atoms. The highest BCUT2D eigenvalue weighted by Crippen LogP contribution is 2.19. The Morgan fingerprint density at radius 2 is 1.96 bits per heavy atom. The van der Waals surface area contributed by atoms with Crippen molar-refractivity contribution in [2.45, 2.75) is 20.4 Å². The Balaban J connectivity index is 1.68. The summed E-state index contributed by atoms with van der Waals surface area (Å²) in [4.78, 5) is 16.4. The van der Waals surface area contributed by atoms with Gasteiger partial charge in [0.2, 0.25) is 0 Å². The standard InChI is InChI=1S/C19H19N3O2/c1-13-5-6-16(8-14(13)2)22-17-9-15(10-20-11-17)19(23)21-12-18-4-3-7-24-18/h3-11,22H,12H2,1-2H3,(H,21,23). The van der Waals surface area contributed by atoms with Crippen LogP contribution < -0.4 is 10.6 Å². The largest absolute Gasteiger partial charge is 0.467 e. The molecule has 122 valence electrons. The van der Waals surface area contributed by atoms with Crippen LogP contribution in [0.5, 0.6) is 0 Å². The number of pyridine rings is 1. The first-order valence-corrected chi connectivity index (χ1v) is 7.72. The number of carbonyl (C=O) groups excluding carboxylic acids is 1. The van der Waals surface area contributed by atoms with Crippen molar-refractivity contribution in [3.63, 3.8) is 0 Å². The third-order valence-electron chi connectivity index (χ3n) is 3.80. The minimum atomic E-state index is -0.192. The number of benzene rings is 1. The molecule has 0 atom stereocenters. The van der Waals surface area contributed by atoms with Gasteiger partial charge in [-0.3, -0.25) is 9.78 Å². The van der Waals surface area contributed by atoms with Crippen molar-refractivity contribution in [1.82, 2.24) is 10.3 Å². The molecule has 1 amide bonds. The van der Waals surface area contributed by atoms with Crippen LogP contribution in [0, 0.1) is 13.8 Å². The van der Waals surface area contributed by atoms with Gasteiger partial charge in [0.1, 0.15) is 5.76 Å². The quantitative estimate of drug-likeness (QED) is 0.746. The number of amides is 1. The number of anilines is 2. The summed E-state index contributed by atoms with van der Waals surface area (Å²) in [6.45, 7) is 4.49. The molecule has 2 N–H and O–H groups in total.